The minimum absolute atomic E-state index is 0.174. The molecule has 1 atom stereocenters. The van der Waals surface area contributed by atoms with E-state index >= 15 is 0 Å². The van der Waals surface area contributed by atoms with Gasteiger partial charge < -0.3 is 5.32 Å². The van der Waals surface area contributed by atoms with Crippen molar-refractivity contribution in [3.05, 3.63) is 40.7 Å². The van der Waals surface area contributed by atoms with Gasteiger partial charge in [0.15, 0.2) is 0 Å². The van der Waals surface area contributed by atoms with E-state index in [4.69, 9.17) is 0 Å². The first-order valence-electron chi connectivity index (χ1n) is 8.86. The maximum Gasteiger partial charge on any atom is 0.220 e. The van der Waals surface area contributed by atoms with E-state index in [0.29, 0.717) is 13.0 Å². The molecule has 1 aromatic heterocycles. The summed E-state index contributed by atoms with van der Waals surface area (Å²) in [6.07, 6.45) is 6.21. The van der Waals surface area contributed by atoms with E-state index < -0.39 is 0 Å². The zero-order valence-electron chi connectivity index (χ0n) is 14.3. The number of unbranched alkanes of at least 4 members (excludes halogenated alkanes) is 1. The molecule has 3 nitrogen and oxygen atoms in total. The zero-order chi connectivity index (χ0) is 17.3. The van der Waals surface area contributed by atoms with Crippen LogP contribution in [-0.2, 0) is 11.2 Å². The lowest BCUT2D eigenvalue weighted by molar-refractivity contribution is -0.121. The summed E-state index contributed by atoms with van der Waals surface area (Å²) in [7, 11) is 4.01. The Bertz CT molecular complexity index is 654. The largest absolute Gasteiger partial charge is 0.356 e. The van der Waals surface area contributed by atoms with Crippen LogP contribution in [-0.4, -0.2) is 28.4 Å². The van der Waals surface area contributed by atoms with Crippen LogP contribution in [0.2, 0.25) is 0 Å². The number of hydrogen-bond acceptors (Lipinski definition) is 5. The highest BCUT2D eigenvalue weighted by Gasteiger charge is 2.15. The van der Waals surface area contributed by atoms with Crippen molar-refractivity contribution in [3.63, 3.8) is 0 Å². The van der Waals surface area contributed by atoms with E-state index in [1.807, 2.05) is 39.8 Å². The fourth-order valence-corrected chi connectivity index (χ4v) is 6.62. The second-order valence-electron chi connectivity index (χ2n) is 6.17. The van der Waals surface area contributed by atoms with Gasteiger partial charge >= 0.3 is 0 Å². The number of hydrogen-bond donors (Lipinski definition) is 1. The van der Waals surface area contributed by atoms with Gasteiger partial charge in [0.1, 0.15) is 0 Å². The Hall–Kier alpha value is -0.980. The number of aromatic nitrogens is 1. The van der Waals surface area contributed by atoms with Crippen LogP contribution in [0.15, 0.2) is 35.7 Å². The minimum atomic E-state index is 0.174. The molecular weight excluding hydrogens is 368 g/mol. The second kappa shape index (κ2) is 10.2. The van der Waals surface area contributed by atoms with Crippen LogP contribution in [0.1, 0.15) is 37.1 Å². The Morgan fingerprint density at radius 3 is 2.92 bits per heavy atom. The number of rotatable bonds is 9. The van der Waals surface area contributed by atoms with Crippen molar-refractivity contribution in [1.82, 2.24) is 10.3 Å². The lowest BCUT2D eigenvalue weighted by Crippen LogP contribution is -2.25. The van der Waals surface area contributed by atoms with Crippen LogP contribution in [0.25, 0.3) is 11.3 Å². The van der Waals surface area contributed by atoms with Crippen molar-refractivity contribution in [3.8, 4) is 11.3 Å². The molecule has 1 N–H and O–H groups in total. The van der Waals surface area contributed by atoms with Gasteiger partial charge in [0.2, 0.25) is 5.91 Å². The lowest BCUT2D eigenvalue weighted by atomic mass is 10.1. The van der Waals surface area contributed by atoms with Crippen molar-refractivity contribution in [1.29, 1.82) is 0 Å². The predicted octanol–water partition coefficient (Wildman–Crippen LogP) is 5.18. The number of nitrogens with zero attached hydrogens (tertiary/aromatic N) is 1. The molecule has 3 rings (SSSR count). The van der Waals surface area contributed by atoms with Crippen molar-refractivity contribution >= 4 is 38.8 Å². The van der Waals surface area contributed by atoms with Crippen LogP contribution >= 0.6 is 32.9 Å². The zero-order valence-corrected chi connectivity index (χ0v) is 16.7. The molecule has 25 heavy (non-hydrogen) atoms. The molecule has 1 aromatic carbocycles. The van der Waals surface area contributed by atoms with E-state index in [1.54, 1.807) is 11.3 Å². The third-order valence-electron chi connectivity index (χ3n) is 4.19. The number of carbonyl (C=O) groups is 1. The predicted molar refractivity (Wildman–Crippen MR) is 111 cm³/mol. The summed E-state index contributed by atoms with van der Waals surface area (Å²) in [6, 6.07) is 10.2. The Kier molecular flexibility index (Phi) is 7.70. The Balaban J connectivity index is 1.30. The summed E-state index contributed by atoms with van der Waals surface area (Å²) in [4.78, 5) is 16.6. The normalized spacial score (nSPS) is 16.9. The second-order valence-corrected chi connectivity index (χ2v) is 9.90. The molecular formula is C19H24N2OS3. The van der Waals surface area contributed by atoms with E-state index in [9.17, 15) is 4.79 Å². The third-order valence-corrected chi connectivity index (χ3v) is 8.10. The summed E-state index contributed by atoms with van der Waals surface area (Å²) in [5.41, 5.74) is 2.17. The van der Waals surface area contributed by atoms with Gasteiger partial charge in [-0.15, -0.1) is 11.3 Å². The molecule has 0 spiro atoms. The Morgan fingerprint density at radius 2 is 2.12 bits per heavy atom. The monoisotopic (exact) mass is 392 g/mol. The van der Waals surface area contributed by atoms with Gasteiger partial charge in [-0.25, -0.2) is 4.98 Å². The quantitative estimate of drug-likeness (QED) is 0.471. The van der Waals surface area contributed by atoms with Gasteiger partial charge in [-0.3, -0.25) is 4.79 Å². The number of benzene rings is 1. The third kappa shape index (κ3) is 6.35. The molecule has 1 fully saturated rings. The van der Waals surface area contributed by atoms with Crippen LogP contribution in [0.3, 0.4) is 0 Å². The van der Waals surface area contributed by atoms with Gasteiger partial charge in [-0.2, -0.15) is 0 Å². The van der Waals surface area contributed by atoms with Crippen molar-refractivity contribution in [2.24, 2.45) is 0 Å². The van der Waals surface area contributed by atoms with Crippen LogP contribution in [0, 0.1) is 0 Å². The molecule has 0 aliphatic carbocycles. The molecule has 1 amide bonds. The average Bonchev–Trinajstić information content (AvgIpc) is 3.31. The van der Waals surface area contributed by atoms with Crippen LogP contribution < -0.4 is 5.32 Å². The molecule has 0 radical (unpaired) electrons. The smallest absolute Gasteiger partial charge is 0.220 e. The van der Waals surface area contributed by atoms with E-state index in [-0.39, 0.29) is 5.91 Å². The highest BCUT2D eigenvalue weighted by Crippen LogP contribution is 2.39. The van der Waals surface area contributed by atoms with Gasteiger partial charge in [-0.1, -0.05) is 58.3 Å². The molecule has 134 valence electrons. The highest BCUT2D eigenvalue weighted by atomic mass is 33.1. The topological polar surface area (TPSA) is 42.0 Å². The van der Waals surface area contributed by atoms with E-state index in [2.05, 4.69) is 27.8 Å². The standard InChI is InChI=1S/C19H24N2OS3/c22-18(9-5-4-8-16-11-13-24-25-16)20-12-10-19-21-17(14-23-19)15-6-2-1-3-7-15/h1-3,6-7,14,16H,4-5,8-13H2,(H,20,22). The van der Waals surface area contributed by atoms with Gasteiger partial charge in [0.05, 0.1) is 10.7 Å². The Labute approximate surface area is 161 Å². The number of thiazole rings is 1. The SMILES string of the molecule is O=C(CCCCC1CCSS1)NCCc1nc(-c2ccccc2)cs1. The van der Waals surface area contributed by atoms with Crippen LogP contribution in [0.4, 0.5) is 0 Å². The fourth-order valence-electron chi connectivity index (χ4n) is 2.79. The number of amides is 1. The molecule has 1 saturated heterocycles. The maximum absolute atomic E-state index is 11.9. The number of carbonyl (C=O) groups excluding carboxylic acids is 1. The van der Waals surface area contributed by atoms with Gasteiger partial charge in [0, 0.05) is 41.3 Å². The lowest BCUT2D eigenvalue weighted by Gasteiger charge is -2.07. The number of nitrogens with one attached hydrogen (secondary N) is 1. The van der Waals surface area contributed by atoms with E-state index in [0.717, 1.165) is 34.4 Å². The summed E-state index contributed by atoms with van der Waals surface area (Å²) in [5.74, 6) is 1.46. The van der Waals surface area contributed by atoms with Gasteiger partial charge in [0.25, 0.3) is 0 Å². The minimum Gasteiger partial charge on any atom is -0.356 e. The molecule has 6 heteroatoms. The fraction of sp³-hybridized carbons (Fsp3) is 0.474. The molecule has 2 heterocycles. The summed E-state index contributed by atoms with van der Waals surface area (Å²) in [6.45, 7) is 0.676. The molecule has 1 aliphatic heterocycles. The van der Waals surface area contributed by atoms with Gasteiger partial charge in [-0.05, 0) is 19.3 Å². The van der Waals surface area contributed by atoms with Crippen LogP contribution in [0.5, 0.6) is 0 Å². The van der Waals surface area contributed by atoms with Crippen molar-refractivity contribution in [2.75, 3.05) is 12.3 Å². The highest BCUT2D eigenvalue weighted by molar-refractivity contribution is 8.77. The first-order chi connectivity index (χ1) is 12.3. The summed E-state index contributed by atoms with van der Waals surface area (Å²) >= 11 is 1.66. The molecule has 1 aliphatic rings. The maximum atomic E-state index is 11.9. The summed E-state index contributed by atoms with van der Waals surface area (Å²) in [5, 5.41) is 7.01. The molecule has 2 aromatic rings. The molecule has 1 unspecified atom stereocenters. The Morgan fingerprint density at radius 1 is 1.24 bits per heavy atom. The average molecular weight is 393 g/mol. The molecule has 0 bridgehead atoms. The van der Waals surface area contributed by atoms with E-state index in [1.165, 1.54) is 25.0 Å². The first kappa shape index (κ1) is 18.8. The van der Waals surface area contributed by atoms with Crippen molar-refractivity contribution < 1.29 is 4.79 Å². The molecule has 0 saturated carbocycles. The summed E-state index contributed by atoms with van der Waals surface area (Å²) < 4.78 is 0. The first-order valence-corrected chi connectivity index (χ1v) is 12.1. The van der Waals surface area contributed by atoms with Crippen molar-refractivity contribution in [2.45, 2.75) is 43.8 Å².